The van der Waals surface area contributed by atoms with E-state index >= 15 is 0 Å². The number of aryl methyl sites for hydroxylation is 2. The summed E-state index contributed by atoms with van der Waals surface area (Å²) < 4.78 is 5.63. The number of benzene rings is 1. The van der Waals surface area contributed by atoms with Gasteiger partial charge in [0.1, 0.15) is 0 Å². The average molecular weight is 481 g/mol. The number of hydrogen-bond donors (Lipinski definition) is 1. The van der Waals surface area contributed by atoms with Gasteiger partial charge in [-0.3, -0.25) is 14.2 Å². The Morgan fingerprint density at radius 2 is 2.08 bits per heavy atom. The number of carbonyl (C=O) groups is 1. The number of carbonyl (C=O) groups excluding carboxylic acids is 1. The molecule has 2 heterocycles. The molecule has 0 aliphatic heterocycles. The van der Waals surface area contributed by atoms with Crippen LogP contribution in [0, 0.1) is 13.8 Å². The van der Waals surface area contributed by atoms with E-state index < -0.39 is 0 Å². The molecule has 6 nitrogen and oxygen atoms in total. The number of rotatable bonds is 6. The summed E-state index contributed by atoms with van der Waals surface area (Å²) >= 11 is 6.89. The van der Waals surface area contributed by atoms with Crippen LogP contribution in [0.1, 0.15) is 23.4 Å². The van der Waals surface area contributed by atoms with Crippen LogP contribution in [0.2, 0.25) is 0 Å². The highest BCUT2D eigenvalue weighted by atomic mass is 79.9. The van der Waals surface area contributed by atoms with Gasteiger partial charge in [0.05, 0.1) is 33.1 Å². The molecule has 0 radical (unpaired) electrons. The lowest BCUT2D eigenvalue weighted by Crippen LogP contribution is -2.15. The fraction of sp³-hybridized carbons (Fsp3) is 0.278. The fourth-order valence-corrected chi connectivity index (χ4v) is 3.26. The van der Waals surface area contributed by atoms with Crippen LogP contribution in [0.3, 0.4) is 0 Å². The molecule has 0 aliphatic rings. The van der Waals surface area contributed by atoms with E-state index in [1.807, 2.05) is 49.0 Å². The topological polar surface area (TPSA) is 64.7 Å². The number of anilines is 1. The summed E-state index contributed by atoms with van der Waals surface area (Å²) in [5, 5.41) is 11.6. The van der Waals surface area contributed by atoms with Gasteiger partial charge in [-0.25, -0.2) is 0 Å². The largest absolute Gasteiger partial charge is 0.326 e. The van der Waals surface area contributed by atoms with E-state index in [1.54, 1.807) is 10.9 Å². The first-order valence-electron chi connectivity index (χ1n) is 8.18. The second-order valence-corrected chi connectivity index (χ2v) is 7.77. The normalized spacial score (nSPS) is 10.9. The lowest BCUT2D eigenvalue weighted by Gasteiger charge is -2.09. The van der Waals surface area contributed by atoms with Crippen molar-refractivity contribution in [3.63, 3.8) is 0 Å². The molecule has 0 spiro atoms. The van der Waals surface area contributed by atoms with E-state index in [9.17, 15) is 4.79 Å². The summed E-state index contributed by atoms with van der Waals surface area (Å²) in [6.07, 6.45) is 3.92. The standard InChI is InChI=1S/C18H19Br2N5O/c1-12-18(20)13(2)25(23-12)10-14-4-3-5-16(8-14)22-17(26)6-7-24-11-15(19)9-21-24/h3-5,8-9,11H,6-7,10H2,1-2H3,(H,22,26). The van der Waals surface area contributed by atoms with E-state index in [0.29, 0.717) is 19.5 Å². The third-order valence-corrected chi connectivity index (χ3v) is 5.56. The molecular weight excluding hydrogens is 462 g/mol. The molecule has 0 fully saturated rings. The second kappa shape index (κ2) is 8.18. The SMILES string of the molecule is Cc1nn(Cc2cccc(NC(=O)CCn3cc(Br)cn3)c2)c(C)c1Br. The monoisotopic (exact) mass is 479 g/mol. The maximum atomic E-state index is 12.2. The zero-order chi connectivity index (χ0) is 18.7. The van der Waals surface area contributed by atoms with Gasteiger partial charge in [0.2, 0.25) is 5.91 Å². The van der Waals surface area contributed by atoms with Crippen molar-refractivity contribution in [1.82, 2.24) is 19.6 Å². The first-order valence-corrected chi connectivity index (χ1v) is 9.77. The summed E-state index contributed by atoms with van der Waals surface area (Å²) in [5.41, 5.74) is 3.92. The molecule has 0 aliphatic carbocycles. The zero-order valence-corrected chi connectivity index (χ0v) is 17.7. The Bertz CT molecular complexity index is 932. The number of aromatic nitrogens is 4. The highest BCUT2D eigenvalue weighted by molar-refractivity contribution is 9.10. The van der Waals surface area contributed by atoms with Crippen molar-refractivity contribution in [2.24, 2.45) is 0 Å². The molecular formula is C18H19Br2N5O. The van der Waals surface area contributed by atoms with Gasteiger partial charge in [0.25, 0.3) is 0 Å². The minimum atomic E-state index is -0.0392. The van der Waals surface area contributed by atoms with Crippen molar-refractivity contribution in [2.45, 2.75) is 33.4 Å². The molecule has 1 N–H and O–H groups in total. The molecule has 0 saturated carbocycles. The predicted molar refractivity (Wildman–Crippen MR) is 108 cm³/mol. The predicted octanol–water partition coefficient (Wildman–Crippen LogP) is 4.30. The molecule has 2 aromatic heterocycles. The maximum Gasteiger partial charge on any atom is 0.226 e. The Hall–Kier alpha value is -1.93. The van der Waals surface area contributed by atoms with Crippen LogP contribution < -0.4 is 5.32 Å². The van der Waals surface area contributed by atoms with Gasteiger partial charge < -0.3 is 5.32 Å². The number of nitrogens with zero attached hydrogens (tertiary/aromatic N) is 4. The van der Waals surface area contributed by atoms with Crippen molar-refractivity contribution >= 4 is 43.5 Å². The van der Waals surface area contributed by atoms with Crippen LogP contribution in [0.15, 0.2) is 45.6 Å². The smallest absolute Gasteiger partial charge is 0.226 e. The number of amides is 1. The Kier molecular flexibility index (Phi) is 5.93. The van der Waals surface area contributed by atoms with Crippen LogP contribution in [-0.2, 0) is 17.9 Å². The van der Waals surface area contributed by atoms with Crippen molar-refractivity contribution in [3.05, 3.63) is 62.6 Å². The van der Waals surface area contributed by atoms with Crippen LogP contribution in [-0.4, -0.2) is 25.5 Å². The fourth-order valence-electron chi connectivity index (χ4n) is 2.65. The van der Waals surface area contributed by atoms with E-state index in [2.05, 4.69) is 47.4 Å². The first-order chi connectivity index (χ1) is 12.4. The maximum absolute atomic E-state index is 12.2. The van der Waals surface area contributed by atoms with Gasteiger partial charge in [-0.1, -0.05) is 12.1 Å². The van der Waals surface area contributed by atoms with E-state index in [-0.39, 0.29) is 5.91 Å². The molecule has 8 heteroatoms. The Morgan fingerprint density at radius 1 is 1.27 bits per heavy atom. The highest BCUT2D eigenvalue weighted by Crippen LogP contribution is 2.21. The van der Waals surface area contributed by atoms with Crippen molar-refractivity contribution in [3.8, 4) is 0 Å². The number of halogens is 2. The molecule has 1 aromatic carbocycles. The van der Waals surface area contributed by atoms with Gasteiger partial charge in [-0.05, 0) is 63.4 Å². The zero-order valence-electron chi connectivity index (χ0n) is 14.5. The molecule has 0 atom stereocenters. The summed E-state index contributed by atoms with van der Waals surface area (Å²) in [7, 11) is 0. The number of hydrogen-bond acceptors (Lipinski definition) is 3. The molecule has 0 bridgehead atoms. The first kappa shape index (κ1) is 18.8. The minimum absolute atomic E-state index is 0.0392. The Balaban J connectivity index is 1.61. The van der Waals surface area contributed by atoms with Gasteiger partial charge in [-0.2, -0.15) is 10.2 Å². The summed E-state index contributed by atoms with van der Waals surface area (Å²) in [4.78, 5) is 12.2. The quantitative estimate of drug-likeness (QED) is 0.572. The molecule has 3 rings (SSSR count). The molecule has 26 heavy (non-hydrogen) atoms. The molecule has 0 saturated heterocycles. The van der Waals surface area contributed by atoms with Gasteiger partial charge in [-0.15, -0.1) is 0 Å². The van der Waals surface area contributed by atoms with Crippen molar-refractivity contribution in [1.29, 1.82) is 0 Å². The Morgan fingerprint density at radius 3 is 2.73 bits per heavy atom. The van der Waals surface area contributed by atoms with Crippen LogP contribution in [0.4, 0.5) is 5.69 Å². The third kappa shape index (κ3) is 4.62. The molecule has 0 unspecified atom stereocenters. The molecule has 136 valence electrons. The summed E-state index contributed by atoms with van der Waals surface area (Å²) in [5.74, 6) is -0.0392. The molecule has 3 aromatic rings. The lowest BCUT2D eigenvalue weighted by atomic mass is 10.2. The van der Waals surface area contributed by atoms with Gasteiger partial charge in [0, 0.05) is 24.8 Å². The Labute approximate surface area is 168 Å². The summed E-state index contributed by atoms with van der Waals surface area (Å²) in [6.45, 7) is 5.20. The van der Waals surface area contributed by atoms with Crippen molar-refractivity contribution in [2.75, 3.05) is 5.32 Å². The summed E-state index contributed by atoms with van der Waals surface area (Å²) in [6, 6.07) is 7.84. The third-order valence-electron chi connectivity index (χ3n) is 4.01. The van der Waals surface area contributed by atoms with E-state index in [0.717, 1.165) is 31.6 Å². The highest BCUT2D eigenvalue weighted by Gasteiger charge is 2.10. The lowest BCUT2D eigenvalue weighted by molar-refractivity contribution is -0.116. The minimum Gasteiger partial charge on any atom is -0.326 e. The average Bonchev–Trinajstić information content (AvgIpc) is 3.12. The number of nitrogens with one attached hydrogen (secondary N) is 1. The van der Waals surface area contributed by atoms with Gasteiger partial charge in [0.15, 0.2) is 0 Å². The van der Waals surface area contributed by atoms with Crippen LogP contribution in [0.5, 0.6) is 0 Å². The van der Waals surface area contributed by atoms with Crippen LogP contribution in [0.25, 0.3) is 0 Å². The second-order valence-electron chi connectivity index (χ2n) is 6.06. The van der Waals surface area contributed by atoms with E-state index in [4.69, 9.17) is 0 Å². The van der Waals surface area contributed by atoms with Gasteiger partial charge >= 0.3 is 0 Å². The van der Waals surface area contributed by atoms with Crippen LogP contribution >= 0.6 is 31.9 Å². The van der Waals surface area contributed by atoms with E-state index in [1.165, 1.54) is 0 Å². The molecule has 1 amide bonds. The van der Waals surface area contributed by atoms with Crippen molar-refractivity contribution < 1.29 is 4.79 Å².